The van der Waals surface area contributed by atoms with Crippen LogP contribution in [0.1, 0.15) is 130 Å². The highest BCUT2D eigenvalue weighted by Gasteiger charge is 2.26. The molecule has 0 fully saturated rings. The molecule has 39 heavy (non-hydrogen) atoms. The predicted octanol–water partition coefficient (Wildman–Crippen LogP) is 7.95. The van der Waals surface area contributed by atoms with Crippen LogP contribution >= 0.6 is 0 Å². The van der Waals surface area contributed by atoms with E-state index in [1.54, 1.807) is 14.2 Å². The maximum atomic E-state index is 6.23. The topological polar surface area (TPSA) is 58.6 Å². The Morgan fingerprint density at radius 2 is 1.13 bits per heavy atom. The third-order valence-electron chi connectivity index (χ3n) is 7.29. The first-order chi connectivity index (χ1) is 18.9. The molecule has 0 aliphatic heterocycles. The zero-order valence-corrected chi connectivity index (χ0v) is 27.1. The number of hydrogen-bond donors (Lipinski definition) is 0. The molecule has 0 aliphatic carbocycles. The second-order valence-electron chi connectivity index (χ2n) is 11.3. The molecule has 0 aliphatic rings. The molecular weight excluding hydrogens is 494 g/mol. The van der Waals surface area contributed by atoms with E-state index in [9.17, 15) is 0 Å². The molecular formula is C32H67NO6. The molecule has 0 radical (unpaired) electrons. The van der Waals surface area contributed by atoms with Crippen molar-refractivity contribution in [3.8, 4) is 0 Å². The number of methoxy groups -OCH3 is 2. The molecule has 0 saturated heterocycles. The zero-order valence-electron chi connectivity index (χ0n) is 27.1. The van der Waals surface area contributed by atoms with Crippen LogP contribution in [0.25, 0.3) is 0 Å². The van der Waals surface area contributed by atoms with Crippen molar-refractivity contribution in [1.82, 2.24) is 4.90 Å². The Hall–Kier alpha value is -0.280. The molecule has 236 valence electrons. The summed E-state index contributed by atoms with van der Waals surface area (Å²) in [5, 5.41) is 0. The Kier molecular flexibility index (Phi) is 27.7. The van der Waals surface area contributed by atoms with Crippen molar-refractivity contribution in [3.05, 3.63) is 0 Å². The van der Waals surface area contributed by atoms with Crippen LogP contribution < -0.4 is 0 Å². The summed E-state index contributed by atoms with van der Waals surface area (Å²) in [6.45, 7) is 9.19. The smallest absolute Gasteiger partial charge is 0.188 e. The van der Waals surface area contributed by atoms with Gasteiger partial charge in [0.1, 0.15) is 6.61 Å². The van der Waals surface area contributed by atoms with Gasteiger partial charge in [0.15, 0.2) is 18.4 Å². The summed E-state index contributed by atoms with van der Waals surface area (Å²) in [6.07, 6.45) is 21.2. The van der Waals surface area contributed by atoms with E-state index in [0.29, 0.717) is 26.4 Å². The van der Waals surface area contributed by atoms with Gasteiger partial charge in [0.05, 0.1) is 19.8 Å². The zero-order chi connectivity index (χ0) is 29.0. The van der Waals surface area contributed by atoms with Crippen LogP contribution in [0.3, 0.4) is 0 Å². The minimum atomic E-state index is -0.792. The van der Waals surface area contributed by atoms with Crippen molar-refractivity contribution >= 4 is 0 Å². The molecule has 7 heteroatoms. The number of hydrogen-bond acceptors (Lipinski definition) is 7. The fraction of sp³-hybridized carbons (Fsp3) is 1.00. The lowest BCUT2D eigenvalue weighted by Gasteiger charge is -2.30. The summed E-state index contributed by atoms with van der Waals surface area (Å²) in [5.41, 5.74) is 0. The highest BCUT2D eigenvalue weighted by molar-refractivity contribution is 4.62. The minimum Gasteiger partial charge on any atom is -0.378 e. The normalized spacial score (nSPS) is 13.8. The van der Waals surface area contributed by atoms with Gasteiger partial charge in [0, 0.05) is 20.8 Å². The van der Waals surface area contributed by atoms with Crippen molar-refractivity contribution in [3.63, 3.8) is 0 Å². The first-order valence-electron chi connectivity index (χ1n) is 16.1. The molecule has 0 aromatic carbocycles. The van der Waals surface area contributed by atoms with Gasteiger partial charge in [-0.1, -0.05) is 104 Å². The molecule has 0 N–H and O–H groups in total. The van der Waals surface area contributed by atoms with Crippen LogP contribution in [0.2, 0.25) is 0 Å². The van der Waals surface area contributed by atoms with Crippen molar-refractivity contribution in [2.45, 2.75) is 148 Å². The van der Waals surface area contributed by atoms with Gasteiger partial charge >= 0.3 is 0 Å². The Morgan fingerprint density at radius 3 is 1.59 bits per heavy atom. The summed E-state index contributed by atoms with van der Waals surface area (Å²) in [6, 6.07) is 0. The van der Waals surface area contributed by atoms with E-state index in [1.165, 1.54) is 89.9 Å². The van der Waals surface area contributed by atoms with E-state index < -0.39 is 5.79 Å². The molecule has 0 aromatic rings. The van der Waals surface area contributed by atoms with Gasteiger partial charge in [0.2, 0.25) is 0 Å². The Morgan fingerprint density at radius 1 is 0.615 bits per heavy atom. The summed E-state index contributed by atoms with van der Waals surface area (Å²) in [5.74, 6) is -0.792. The number of ether oxygens (including phenoxy) is 6. The maximum absolute atomic E-state index is 6.23. The summed E-state index contributed by atoms with van der Waals surface area (Å²) >= 11 is 0. The van der Waals surface area contributed by atoms with Crippen LogP contribution in [0.5, 0.6) is 0 Å². The van der Waals surface area contributed by atoms with Gasteiger partial charge in [-0.05, 0) is 40.3 Å². The van der Waals surface area contributed by atoms with Crippen LogP contribution in [0.15, 0.2) is 0 Å². The van der Waals surface area contributed by atoms with Crippen molar-refractivity contribution in [2.75, 3.05) is 61.3 Å². The quantitative estimate of drug-likeness (QED) is 0.0629. The van der Waals surface area contributed by atoms with E-state index >= 15 is 0 Å². The second kappa shape index (κ2) is 27.9. The van der Waals surface area contributed by atoms with E-state index in [4.69, 9.17) is 28.4 Å². The summed E-state index contributed by atoms with van der Waals surface area (Å²) in [7, 11) is 7.34. The average Bonchev–Trinajstić information content (AvgIpc) is 2.94. The van der Waals surface area contributed by atoms with Crippen molar-refractivity contribution in [1.29, 1.82) is 0 Å². The third kappa shape index (κ3) is 25.2. The lowest BCUT2D eigenvalue weighted by atomic mass is 10.0. The molecule has 0 amide bonds. The predicted molar refractivity (Wildman–Crippen MR) is 162 cm³/mol. The van der Waals surface area contributed by atoms with Crippen molar-refractivity contribution < 1.29 is 28.4 Å². The standard InChI is InChI=1S/C32H67NO6/c1-8-10-11-12-13-14-15-16-17-18-19-20-21-22-23-24-31(38-29-32(3,34-6)35-7)39-30(9-2)37-28-27-36-26-25-33(4)5/h30-31H,8-29H2,1-7H3. The number of unbranched alkanes of at least 4 members (excludes halogenated alkanes) is 14. The van der Waals surface area contributed by atoms with Gasteiger partial charge in [-0.3, -0.25) is 0 Å². The van der Waals surface area contributed by atoms with Gasteiger partial charge < -0.3 is 33.3 Å². The molecule has 0 heterocycles. The van der Waals surface area contributed by atoms with Gasteiger partial charge in [-0.25, -0.2) is 0 Å². The molecule has 2 atom stereocenters. The molecule has 0 aromatic heterocycles. The second-order valence-corrected chi connectivity index (χ2v) is 11.3. The van der Waals surface area contributed by atoms with Crippen LogP contribution in [0, 0.1) is 0 Å². The van der Waals surface area contributed by atoms with Gasteiger partial charge in [-0.15, -0.1) is 0 Å². The summed E-state index contributed by atoms with van der Waals surface area (Å²) < 4.78 is 34.9. The molecule has 0 spiro atoms. The average molecular weight is 562 g/mol. The maximum Gasteiger partial charge on any atom is 0.188 e. The largest absolute Gasteiger partial charge is 0.378 e. The monoisotopic (exact) mass is 561 g/mol. The first-order valence-corrected chi connectivity index (χ1v) is 16.1. The van der Waals surface area contributed by atoms with Crippen LogP contribution in [-0.2, 0) is 28.4 Å². The molecule has 0 rings (SSSR count). The third-order valence-corrected chi connectivity index (χ3v) is 7.29. The molecule has 7 nitrogen and oxygen atoms in total. The Bertz CT molecular complexity index is 489. The number of nitrogens with zero attached hydrogens (tertiary/aromatic N) is 1. The lowest BCUT2D eigenvalue weighted by molar-refractivity contribution is -0.289. The van der Waals surface area contributed by atoms with Gasteiger partial charge in [0.25, 0.3) is 0 Å². The lowest BCUT2D eigenvalue weighted by Crippen LogP contribution is -2.38. The summed E-state index contributed by atoms with van der Waals surface area (Å²) in [4.78, 5) is 2.10. The van der Waals surface area contributed by atoms with E-state index in [2.05, 4.69) is 18.7 Å². The SMILES string of the molecule is CCCCCCCCCCCCCCCCCC(OCC(C)(OC)OC)OC(CC)OCCOCCN(C)C. The van der Waals surface area contributed by atoms with E-state index in [1.807, 2.05) is 21.0 Å². The van der Waals surface area contributed by atoms with E-state index in [-0.39, 0.29) is 12.6 Å². The van der Waals surface area contributed by atoms with E-state index in [0.717, 1.165) is 25.8 Å². The van der Waals surface area contributed by atoms with Gasteiger partial charge in [-0.2, -0.15) is 0 Å². The highest BCUT2D eigenvalue weighted by atomic mass is 16.8. The number of rotatable bonds is 31. The molecule has 0 bridgehead atoms. The Balaban J connectivity index is 4.16. The molecule has 0 saturated carbocycles. The Labute approximate surface area is 242 Å². The fourth-order valence-electron chi connectivity index (χ4n) is 4.33. The van der Waals surface area contributed by atoms with Crippen LogP contribution in [-0.4, -0.2) is 84.6 Å². The molecule has 2 unspecified atom stereocenters. The van der Waals surface area contributed by atoms with Crippen molar-refractivity contribution in [2.24, 2.45) is 0 Å². The van der Waals surface area contributed by atoms with Crippen LogP contribution in [0.4, 0.5) is 0 Å². The number of likely N-dealkylation sites (N-methyl/N-ethyl adjacent to an activating group) is 1. The highest BCUT2D eigenvalue weighted by Crippen LogP contribution is 2.19. The fourth-order valence-corrected chi connectivity index (χ4v) is 4.33. The first kappa shape index (κ1) is 38.7. The minimum absolute atomic E-state index is 0.299.